The summed E-state index contributed by atoms with van der Waals surface area (Å²) in [5.41, 5.74) is 2.32. The van der Waals surface area contributed by atoms with Crippen LogP contribution in [0, 0.1) is 0 Å². The summed E-state index contributed by atoms with van der Waals surface area (Å²) >= 11 is 0. The Balaban J connectivity index is 1.57. The van der Waals surface area contributed by atoms with Gasteiger partial charge in [-0.15, -0.1) is 0 Å². The molecule has 0 bridgehead atoms. The molecule has 0 saturated carbocycles. The largest absolute Gasteiger partial charge is 0.497 e. The Morgan fingerprint density at radius 2 is 2.08 bits per heavy atom. The molecule has 0 aliphatic rings. The zero-order valence-corrected chi connectivity index (χ0v) is 13.7. The van der Waals surface area contributed by atoms with Crippen LogP contribution >= 0.6 is 0 Å². The van der Waals surface area contributed by atoms with Gasteiger partial charge in [-0.3, -0.25) is 4.79 Å². The minimum Gasteiger partial charge on any atom is -0.497 e. The second kappa shape index (κ2) is 7.14. The molecule has 0 aliphatic carbocycles. The van der Waals surface area contributed by atoms with Crippen molar-refractivity contribution >= 4 is 22.7 Å². The fraction of sp³-hybridized carbons (Fsp3) is 0.222. The Labute approximate surface area is 140 Å². The van der Waals surface area contributed by atoms with Crippen molar-refractivity contribution in [3.63, 3.8) is 0 Å². The zero-order chi connectivity index (χ0) is 16.9. The first-order chi connectivity index (χ1) is 11.6. The van der Waals surface area contributed by atoms with Crippen molar-refractivity contribution in [2.75, 3.05) is 26.0 Å². The Hall–Kier alpha value is -2.86. The van der Waals surface area contributed by atoms with E-state index >= 15 is 0 Å². The molecule has 2 N–H and O–H groups in total. The number of amides is 1. The minimum absolute atomic E-state index is 0.0723. The van der Waals surface area contributed by atoms with Crippen LogP contribution in [0.2, 0.25) is 0 Å². The molecule has 6 nitrogen and oxygen atoms in total. The van der Waals surface area contributed by atoms with Gasteiger partial charge < -0.3 is 19.4 Å². The van der Waals surface area contributed by atoms with Crippen molar-refractivity contribution in [3.05, 3.63) is 54.4 Å². The van der Waals surface area contributed by atoms with Gasteiger partial charge in [0.15, 0.2) is 18.7 Å². The molecule has 1 amide bonds. The maximum absolute atomic E-state index is 12.2. The summed E-state index contributed by atoms with van der Waals surface area (Å²) in [5.74, 6) is 1.26. The lowest BCUT2D eigenvalue weighted by molar-refractivity contribution is -0.886. The average molecular weight is 326 g/mol. The summed E-state index contributed by atoms with van der Waals surface area (Å²) in [4.78, 5) is 17.6. The quantitative estimate of drug-likeness (QED) is 0.720. The molecule has 0 aliphatic heterocycles. The number of aromatic nitrogens is 1. The lowest BCUT2D eigenvalue weighted by Crippen LogP contribution is -3.08. The van der Waals surface area contributed by atoms with Crippen molar-refractivity contribution in [2.24, 2.45) is 0 Å². The second-order valence-electron chi connectivity index (χ2n) is 5.67. The van der Waals surface area contributed by atoms with Crippen molar-refractivity contribution < 1.29 is 18.8 Å². The smallest absolute Gasteiger partial charge is 0.279 e. The number of methoxy groups -OCH3 is 1. The summed E-state index contributed by atoms with van der Waals surface area (Å²) < 4.78 is 10.8. The van der Waals surface area contributed by atoms with Crippen LogP contribution in [-0.4, -0.2) is 31.6 Å². The van der Waals surface area contributed by atoms with Crippen LogP contribution in [0.5, 0.6) is 5.75 Å². The molecule has 1 unspecified atom stereocenters. The van der Waals surface area contributed by atoms with Crippen molar-refractivity contribution in [1.29, 1.82) is 0 Å². The molecule has 0 spiro atoms. The van der Waals surface area contributed by atoms with Crippen LogP contribution in [0.1, 0.15) is 5.89 Å². The van der Waals surface area contributed by atoms with Crippen LogP contribution < -0.4 is 15.0 Å². The van der Waals surface area contributed by atoms with E-state index < -0.39 is 0 Å². The van der Waals surface area contributed by atoms with Crippen LogP contribution in [0.25, 0.3) is 11.1 Å². The van der Waals surface area contributed by atoms with Gasteiger partial charge in [-0.1, -0.05) is 18.2 Å². The second-order valence-corrected chi connectivity index (χ2v) is 5.67. The molecular formula is C18H20N3O3+. The van der Waals surface area contributed by atoms with Gasteiger partial charge in [0.05, 0.1) is 14.2 Å². The molecule has 0 radical (unpaired) electrons. The molecule has 1 atom stereocenters. The third-order valence-corrected chi connectivity index (χ3v) is 3.61. The number of para-hydroxylation sites is 2. The van der Waals surface area contributed by atoms with Crippen LogP contribution in [0.15, 0.2) is 52.9 Å². The molecule has 2 aromatic carbocycles. The van der Waals surface area contributed by atoms with Crippen LogP contribution in [-0.2, 0) is 11.3 Å². The third-order valence-electron chi connectivity index (χ3n) is 3.61. The Kier molecular flexibility index (Phi) is 4.77. The highest BCUT2D eigenvalue weighted by Crippen LogP contribution is 2.16. The minimum atomic E-state index is -0.0723. The van der Waals surface area contributed by atoms with Gasteiger partial charge >= 0.3 is 0 Å². The first kappa shape index (κ1) is 16.0. The number of ether oxygens (including phenoxy) is 1. The van der Waals surface area contributed by atoms with E-state index in [0.717, 1.165) is 16.0 Å². The predicted octanol–water partition coefficient (Wildman–Crippen LogP) is 1.49. The van der Waals surface area contributed by atoms with Gasteiger partial charge in [0.1, 0.15) is 11.3 Å². The van der Waals surface area contributed by atoms with Gasteiger partial charge in [0.25, 0.3) is 11.8 Å². The number of nitrogens with one attached hydrogen (secondary N) is 2. The van der Waals surface area contributed by atoms with E-state index in [4.69, 9.17) is 9.15 Å². The number of likely N-dealkylation sites (N-methyl/N-ethyl adjacent to an activating group) is 1. The molecule has 3 rings (SSSR count). The number of rotatable bonds is 6. The summed E-state index contributed by atoms with van der Waals surface area (Å²) in [7, 11) is 3.53. The predicted molar refractivity (Wildman–Crippen MR) is 91.1 cm³/mol. The molecule has 1 heterocycles. The number of carbonyl (C=O) groups is 1. The van der Waals surface area contributed by atoms with Gasteiger partial charge in [-0.05, 0) is 24.3 Å². The molecule has 3 aromatic rings. The van der Waals surface area contributed by atoms with Crippen molar-refractivity contribution in [2.45, 2.75) is 6.54 Å². The van der Waals surface area contributed by atoms with Crippen LogP contribution in [0.3, 0.4) is 0 Å². The number of oxazole rings is 1. The Morgan fingerprint density at radius 3 is 2.88 bits per heavy atom. The number of quaternary nitrogens is 1. The van der Waals surface area contributed by atoms with Crippen LogP contribution in [0.4, 0.5) is 5.69 Å². The maximum Gasteiger partial charge on any atom is 0.279 e. The Morgan fingerprint density at radius 1 is 1.25 bits per heavy atom. The third kappa shape index (κ3) is 3.91. The van der Waals surface area contributed by atoms with Gasteiger partial charge in [0, 0.05) is 11.8 Å². The highest BCUT2D eigenvalue weighted by molar-refractivity contribution is 5.91. The number of nitrogens with zero attached hydrogens (tertiary/aromatic N) is 1. The first-order valence-electron chi connectivity index (χ1n) is 7.73. The summed E-state index contributed by atoms with van der Waals surface area (Å²) in [6.07, 6.45) is 0. The molecule has 0 saturated heterocycles. The number of fused-ring (bicyclic) bond motifs is 1. The van der Waals surface area contributed by atoms with E-state index in [1.807, 2.05) is 49.5 Å². The fourth-order valence-corrected chi connectivity index (χ4v) is 2.50. The highest BCUT2D eigenvalue weighted by Gasteiger charge is 2.14. The fourth-order valence-electron chi connectivity index (χ4n) is 2.50. The SMILES string of the molecule is COc1cccc(NC(=O)C[NH+](C)Cc2nc3ccccc3o2)c1. The number of hydrogen-bond acceptors (Lipinski definition) is 4. The van der Waals surface area contributed by atoms with Crippen molar-refractivity contribution in [1.82, 2.24) is 4.98 Å². The molecule has 0 fully saturated rings. The molecule has 1 aromatic heterocycles. The average Bonchev–Trinajstić information content (AvgIpc) is 2.96. The summed E-state index contributed by atoms with van der Waals surface area (Å²) in [6.45, 7) is 0.857. The van der Waals surface area contributed by atoms with Gasteiger partial charge in [0.2, 0.25) is 0 Å². The normalized spacial score (nSPS) is 12.1. The van der Waals surface area contributed by atoms with E-state index in [2.05, 4.69) is 10.3 Å². The van der Waals surface area contributed by atoms with E-state index in [9.17, 15) is 4.79 Å². The monoisotopic (exact) mass is 326 g/mol. The molecular weight excluding hydrogens is 306 g/mol. The van der Waals surface area contributed by atoms with Gasteiger partial charge in [-0.25, -0.2) is 4.98 Å². The number of anilines is 1. The first-order valence-corrected chi connectivity index (χ1v) is 7.73. The summed E-state index contributed by atoms with van der Waals surface area (Å²) in [6, 6.07) is 14.9. The van der Waals surface area contributed by atoms with E-state index in [0.29, 0.717) is 30.4 Å². The number of hydrogen-bond donors (Lipinski definition) is 2. The number of benzene rings is 2. The lowest BCUT2D eigenvalue weighted by Gasteiger charge is -2.12. The summed E-state index contributed by atoms with van der Waals surface area (Å²) in [5, 5.41) is 2.87. The zero-order valence-electron chi connectivity index (χ0n) is 13.7. The van der Waals surface area contributed by atoms with E-state index in [1.165, 1.54) is 0 Å². The maximum atomic E-state index is 12.2. The topological polar surface area (TPSA) is 68.8 Å². The van der Waals surface area contributed by atoms with E-state index in [-0.39, 0.29) is 5.91 Å². The number of carbonyl (C=O) groups excluding carboxylic acids is 1. The lowest BCUT2D eigenvalue weighted by atomic mass is 10.3. The standard InChI is InChI=1S/C18H19N3O3/c1-21(12-18-20-15-8-3-4-9-16(15)24-18)11-17(22)19-13-6-5-7-14(10-13)23-2/h3-10H,11-12H2,1-2H3,(H,19,22)/p+1. The van der Waals surface area contributed by atoms with Crippen molar-refractivity contribution in [3.8, 4) is 5.75 Å². The molecule has 124 valence electrons. The van der Waals surface area contributed by atoms with Gasteiger partial charge in [-0.2, -0.15) is 0 Å². The highest BCUT2D eigenvalue weighted by atomic mass is 16.5. The molecule has 6 heteroatoms. The molecule has 24 heavy (non-hydrogen) atoms. The van der Waals surface area contributed by atoms with E-state index in [1.54, 1.807) is 13.2 Å². The Bertz CT molecular complexity index is 811.